The molecule has 0 spiro atoms. The number of hydrogen-bond acceptors (Lipinski definition) is 4. The van der Waals surface area contributed by atoms with E-state index in [2.05, 4.69) is 38.0 Å². The minimum absolute atomic E-state index is 0.145. The standard InChI is InChI=1S/C13H22BrN5O/c1-3-19-11(12(14)9(2)16-19)8-18-6-4-5-10(7-18)13(15)17-20/h10,20H,3-8H2,1-2H3,(H2,15,17). The average molecular weight is 344 g/mol. The Bertz CT molecular complexity index is 499. The number of halogens is 1. The maximum Gasteiger partial charge on any atom is 0.143 e. The maximum atomic E-state index is 8.82. The monoisotopic (exact) mass is 343 g/mol. The molecule has 1 aliphatic heterocycles. The SMILES string of the molecule is CCn1nc(C)c(Br)c1CN1CCCC(C(N)=NO)C1. The zero-order valence-electron chi connectivity index (χ0n) is 12.0. The molecule has 0 aromatic carbocycles. The number of piperidine rings is 1. The van der Waals surface area contributed by atoms with E-state index in [0.717, 1.165) is 49.2 Å². The third-order valence-corrected chi connectivity index (χ3v) is 4.90. The van der Waals surface area contributed by atoms with Crippen molar-refractivity contribution in [3.8, 4) is 0 Å². The minimum atomic E-state index is 0.145. The average Bonchev–Trinajstić information content (AvgIpc) is 2.74. The normalized spacial score (nSPS) is 21.4. The number of aromatic nitrogens is 2. The summed E-state index contributed by atoms with van der Waals surface area (Å²) in [6, 6.07) is 0. The Balaban J connectivity index is 2.10. The van der Waals surface area contributed by atoms with Crippen molar-refractivity contribution in [1.82, 2.24) is 14.7 Å². The number of nitrogens with two attached hydrogens (primary N) is 1. The second kappa shape index (κ2) is 6.58. The molecule has 1 aliphatic rings. The first-order valence-electron chi connectivity index (χ1n) is 6.98. The molecule has 1 saturated heterocycles. The van der Waals surface area contributed by atoms with Gasteiger partial charge in [-0.1, -0.05) is 5.16 Å². The summed E-state index contributed by atoms with van der Waals surface area (Å²) in [5, 5.41) is 16.5. The van der Waals surface area contributed by atoms with Crippen LogP contribution >= 0.6 is 15.9 Å². The Kier molecular flexibility index (Phi) is 5.04. The zero-order valence-corrected chi connectivity index (χ0v) is 13.6. The van der Waals surface area contributed by atoms with Crippen LogP contribution in [0.25, 0.3) is 0 Å². The van der Waals surface area contributed by atoms with Crippen LogP contribution in [0.15, 0.2) is 9.63 Å². The van der Waals surface area contributed by atoms with Gasteiger partial charge in [-0.15, -0.1) is 0 Å². The Hall–Kier alpha value is -1.08. The molecule has 6 nitrogen and oxygen atoms in total. The number of aryl methyl sites for hydroxylation is 2. The summed E-state index contributed by atoms with van der Waals surface area (Å²) in [5.74, 6) is 0.487. The van der Waals surface area contributed by atoms with Crippen molar-refractivity contribution in [2.24, 2.45) is 16.8 Å². The highest BCUT2D eigenvalue weighted by molar-refractivity contribution is 9.10. The molecule has 0 aliphatic carbocycles. The number of nitrogens with zero attached hydrogens (tertiary/aromatic N) is 4. The van der Waals surface area contributed by atoms with Crippen molar-refractivity contribution < 1.29 is 5.21 Å². The molecule has 2 heterocycles. The van der Waals surface area contributed by atoms with E-state index in [4.69, 9.17) is 10.9 Å². The van der Waals surface area contributed by atoms with Crippen LogP contribution < -0.4 is 5.73 Å². The molecule has 112 valence electrons. The predicted molar refractivity (Wildman–Crippen MR) is 81.7 cm³/mol. The smallest absolute Gasteiger partial charge is 0.143 e. The van der Waals surface area contributed by atoms with Crippen LogP contribution in [0.4, 0.5) is 0 Å². The van der Waals surface area contributed by atoms with E-state index >= 15 is 0 Å². The van der Waals surface area contributed by atoms with Crippen molar-refractivity contribution in [3.05, 3.63) is 15.9 Å². The van der Waals surface area contributed by atoms with E-state index in [1.54, 1.807) is 0 Å². The van der Waals surface area contributed by atoms with E-state index in [9.17, 15) is 0 Å². The molecule has 0 saturated carbocycles. The second-order valence-electron chi connectivity index (χ2n) is 5.26. The summed E-state index contributed by atoms with van der Waals surface area (Å²) >= 11 is 3.63. The summed E-state index contributed by atoms with van der Waals surface area (Å²) in [7, 11) is 0. The summed E-state index contributed by atoms with van der Waals surface area (Å²) in [4.78, 5) is 2.35. The van der Waals surface area contributed by atoms with Gasteiger partial charge in [-0.25, -0.2) is 0 Å². The summed E-state index contributed by atoms with van der Waals surface area (Å²) < 4.78 is 3.12. The fourth-order valence-corrected chi connectivity index (χ4v) is 3.16. The van der Waals surface area contributed by atoms with Gasteiger partial charge in [0.15, 0.2) is 0 Å². The van der Waals surface area contributed by atoms with Crippen LogP contribution in [-0.4, -0.2) is 38.8 Å². The van der Waals surface area contributed by atoms with Crippen LogP contribution in [-0.2, 0) is 13.1 Å². The molecule has 2 rings (SSSR count). The van der Waals surface area contributed by atoms with Crippen molar-refractivity contribution in [2.45, 2.75) is 39.8 Å². The lowest BCUT2D eigenvalue weighted by atomic mass is 9.97. The van der Waals surface area contributed by atoms with E-state index < -0.39 is 0 Å². The Morgan fingerprint density at radius 2 is 2.35 bits per heavy atom. The van der Waals surface area contributed by atoms with Crippen molar-refractivity contribution in [3.63, 3.8) is 0 Å². The zero-order chi connectivity index (χ0) is 14.7. The number of amidine groups is 1. The Labute approximate surface area is 127 Å². The number of oxime groups is 1. The first-order chi connectivity index (χ1) is 9.56. The minimum Gasteiger partial charge on any atom is -0.409 e. The molecule has 0 radical (unpaired) electrons. The second-order valence-corrected chi connectivity index (χ2v) is 6.05. The molecule has 1 aromatic heterocycles. The van der Waals surface area contributed by atoms with Crippen LogP contribution in [0.5, 0.6) is 0 Å². The summed E-state index contributed by atoms with van der Waals surface area (Å²) in [6.07, 6.45) is 2.05. The van der Waals surface area contributed by atoms with Crippen LogP contribution in [0.2, 0.25) is 0 Å². The molecule has 0 amide bonds. The van der Waals surface area contributed by atoms with Gasteiger partial charge in [0.05, 0.1) is 15.9 Å². The van der Waals surface area contributed by atoms with E-state index in [1.807, 2.05) is 11.6 Å². The predicted octanol–water partition coefficient (Wildman–Crippen LogP) is 1.93. The van der Waals surface area contributed by atoms with Crippen molar-refractivity contribution in [1.29, 1.82) is 0 Å². The molecular formula is C13H22BrN5O. The molecule has 1 unspecified atom stereocenters. The van der Waals surface area contributed by atoms with E-state index in [0.29, 0.717) is 5.84 Å². The van der Waals surface area contributed by atoms with Gasteiger partial charge in [-0.2, -0.15) is 5.10 Å². The first-order valence-corrected chi connectivity index (χ1v) is 7.77. The van der Waals surface area contributed by atoms with Gasteiger partial charge < -0.3 is 10.9 Å². The van der Waals surface area contributed by atoms with Gasteiger partial charge in [-0.3, -0.25) is 9.58 Å². The lowest BCUT2D eigenvalue weighted by Gasteiger charge is -2.32. The highest BCUT2D eigenvalue weighted by atomic mass is 79.9. The number of hydrogen-bond donors (Lipinski definition) is 2. The Morgan fingerprint density at radius 1 is 1.60 bits per heavy atom. The van der Waals surface area contributed by atoms with Gasteiger partial charge in [0.25, 0.3) is 0 Å². The molecule has 1 aromatic rings. The van der Waals surface area contributed by atoms with Crippen molar-refractivity contribution in [2.75, 3.05) is 13.1 Å². The van der Waals surface area contributed by atoms with Crippen LogP contribution in [0, 0.1) is 12.8 Å². The van der Waals surface area contributed by atoms with Gasteiger partial charge >= 0.3 is 0 Å². The molecular weight excluding hydrogens is 322 g/mol. The van der Waals surface area contributed by atoms with Gasteiger partial charge in [-0.05, 0) is 49.2 Å². The number of likely N-dealkylation sites (tertiary alicyclic amines) is 1. The highest BCUT2D eigenvalue weighted by Crippen LogP contribution is 2.25. The molecule has 3 N–H and O–H groups in total. The largest absolute Gasteiger partial charge is 0.409 e. The Morgan fingerprint density at radius 3 is 3.00 bits per heavy atom. The fraction of sp³-hybridized carbons (Fsp3) is 0.692. The third-order valence-electron chi connectivity index (χ3n) is 3.87. The third kappa shape index (κ3) is 3.15. The molecule has 1 fully saturated rings. The van der Waals surface area contributed by atoms with E-state index in [-0.39, 0.29) is 5.92 Å². The van der Waals surface area contributed by atoms with E-state index in [1.165, 1.54) is 5.69 Å². The van der Waals surface area contributed by atoms with Crippen molar-refractivity contribution >= 4 is 21.8 Å². The number of rotatable bonds is 4. The topological polar surface area (TPSA) is 79.7 Å². The quantitative estimate of drug-likeness (QED) is 0.379. The lowest BCUT2D eigenvalue weighted by molar-refractivity contribution is 0.188. The molecule has 1 atom stereocenters. The van der Waals surface area contributed by atoms with Crippen LogP contribution in [0.3, 0.4) is 0 Å². The molecule has 7 heteroatoms. The highest BCUT2D eigenvalue weighted by Gasteiger charge is 2.25. The first kappa shape index (κ1) is 15.3. The fourth-order valence-electron chi connectivity index (χ4n) is 2.75. The van der Waals surface area contributed by atoms with Gasteiger partial charge in [0.2, 0.25) is 0 Å². The molecule has 20 heavy (non-hydrogen) atoms. The lowest BCUT2D eigenvalue weighted by Crippen LogP contribution is -2.41. The summed E-state index contributed by atoms with van der Waals surface area (Å²) in [6.45, 7) is 7.67. The van der Waals surface area contributed by atoms with Gasteiger partial charge in [0, 0.05) is 25.6 Å². The summed E-state index contributed by atoms with van der Waals surface area (Å²) in [5.41, 5.74) is 7.96. The maximum absolute atomic E-state index is 8.82. The molecule has 0 bridgehead atoms. The van der Waals surface area contributed by atoms with Crippen LogP contribution in [0.1, 0.15) is 31.2 Å². The van der Waals surface area contributed by atoms with Gasteiger partial charge in [0.1, 0.15) is 5.84 Å².